The van der Waals surface area contributed by atoms with Crippen molar-refractivity contribution in [1.29, 1.82) is 0 Å². The van der Waals surface area contributed by atoms with Gasteiger partial charge in [-0.2, -0.15) is 0 Å². The molecular weight excluding hydrogens is 238 g/mol. The summed E-state index contributed by atoms with van der Waals surface area (Å²) >= 11 is 0. The summed E-state index contributed by atoms with van der Waals surface area (Å²) in [4.78, 5) is 14.5. The molecule has 2 unspecified atom stereocenters. The quantitative estimate of drug-likeness (QED) is 0.829. The van der Waals surface area contributed by atoms with E-state index in [2.05, 4.69) is 17.3 Å². The number of rotatable bonds is 5. The highest BCUT2D eigenvalue weighted by molar-refractivity contribution is 5.83. The molecule has 0 spiro atoms. The second-order valence-electron chi connectivity index (χ2n) is 5.22. The number of nitrogens with zero attached hydrogens (tertiary/aromatic N) is 1. The third-order valence-electron chi connectivity index (χ3n) is 3.94. The Balaban J connectivity index is 1.90. The Morgan fingerprint density at radius 3 is 2.79 bits per heavy atom. The largest absolute Gasteiger partial charge is 0.354 e. The molecule has 1 aliphatic rings. The highest BCUT2D eigenvalue weighted by Crippen LogP contribution is 2.16. The number of benzene rings is 1. The highest BCUT2D eigenvalue weighted by atomic mass is 16.1. The maximum atomic E-state index is 12.2. The van der Waals surface area contributed by atoms with Crippen LogP contribution in [0.25, 0.3) is 0 Å². The number of hydrogen-bond donors (Lipinski definition) is 2. The van der Waals surface area contributed by atoms with Crippen LogP contribution in [0, 0.1) is 0 Å². The number of likely N-dealkylation sites (N-methyl/N-ethyl adjacent to an activating group) is 1. The van der Waals surface area contributed by atoms with Crippen LogP contribution in [0.4, 0.5) is 0 Å². The van der Waals surface area contributed by atoms with Crippen LogP contribution in [-0.2, 0) is 4.79 Å². The number of carbonyl (C=O) groups is 1. The van der Waals surface area contributed by atoms with Crippen LogP contribution in [0.1, 0.15) is 24.3 Å². The van der Waals surface area contributed by atoms with Crippen molar-refractivity contribution in [2.24, 2.45) is 5.73 Å². The van der Waals surface area contributed by atoms with Gasteiger partial charge in [-0.1, -0.05) is 30.3 Å². The van der Waals surface area contributed by atoms with Crippen LogP contribution in [0.3, 0.4) is 0 Å². The van der Waals surface area contributed by atoms with Gasteiger partial charge in [0.25, 0.3) is 0 Å². The van der Waals surface area contributed by atoms with Crippen molar-refractivity contribution >= 4 is 5.91 Å². The van der Waals surface area contributed by atoms with Crippen molar-refractivity contribution in [3.63, 3.8) is 0 Å². The maximum absolute atomic E-state index is 12.2. The average molecular weight is 261 g/mol. The maximum Gasteiger partial charge on any atom is 0.228 e. The third kappa shape index (κ3) is 3.55. The SMILES string of the molecule is CN1CCCC1CNC(=O)C(CN)c1ccccc1. The molecule has 4 heteroatoms. The Hall–Kier alpha value is -1.39. The van der Waals surface area contributed by atoms with Crippen LogP contribution in [0.2, 0.25) is 0 Å². The molecular formula is C15H23N3O. The predicted molar refractivity (Wildman–Crippen MR) is 76.9 cm³/mol. The first kappa shape index (κ1) is 14.0. The van der Waals surface area contributed by atoms with Gasteiger partial charge in [-0.05, 0) is 32.0 Å². The van der Waals surface area contributed by atoms with E-state index in [1.165, 1.54) is 6.42 Å². The number of amides is 1. The van der Waals surface area contributed by atoms with Crippen LogP contribution in [0.5, 0.6) is 0 Å². The number of hydrogen-bond acceptors (Lipinski definition) is 3. The molecule has 1 aromatic rings. The molecule has 2 atom stereocenters. The van der Waals surface area contributed by atoms with Crippen LogP contribution < -0.4 is 11.1 Å². The lowest BCUT2D eigenvalue weighted by Crippen LogP contribution is -2.41. The standard InChI is InChI=1S/C15H23N3O/c1-18-9-5-8-13(18)11-17-15(19)14(10-16)12-6-3-2-4-7-12/h2-4,6-7,13-14H,5,8-11,16H2,1H3,(H,17,19). The summed E-state index contributed by atoms with van der Waals surface area (Å²) in [5.41, 5.74) is 6.73. The minimum atomic E-state index is -0.243. The Labute approximate surface area is 115 Å². The fourth-order valence-electron chi connectivity index (χ4n) is 2.66. The van der Waals surface area contributed by atoms with Gasteiger partial charge < -0.3 is 16.0 Å². The van der Waals surface area contributed by atoms with Crippen molar-refractivity contribution < 1.29 is 4.79 Å². The Kier molecular flexibility index (Phi) is 4.93. The zero-order valence-corrected chi connectivity index (χ0v) is 11.5. The van der Waals surface area contributed by atoms with Gasteiger partial charge >= 0.3 is 0 Å². The van der Waals surface area contributed by atoms with E-state index in [-0.39, 0.29) is 11.8 Å². The zero-order valence-electron chi connectivity index (χ0n) is 11.5. The van der Waals surface area contributed by atoms with E-state index < -0.39 is 0 Å². The Bertz CT molecular complexity index is 407. The summed E-state index contributed by atoms with van der Waals surface area (Å²) in [5.74, 6) is -0.207. The topological polar surface area (TPSA) is 58.4 Å². The van der Waals surface area contributed by atoms with E-state index in [1.807, 2.05) is 30.3 Å². The molecule has 0 bridgehead atoms. The van der Waals surface area contributed by atoms with Gasteiger partial charge in [-0.3, -0.25) is 4.79 Å². The first-order valence-corrected chi connectivity index (χ1v) is 6.95. The lowest BCUT2D eigenvalue weighted by molar-refractivity contribution is -0.122. The second kappa shape index (κ2) is 6.68. The van der Waals surface area contributed by atoms with Gasteiger partial charge in [0.05, 0.1) is 5.92 Å². The molecule has 1 aliphatic heterocycles. The van der Waals surface area contributed by atoms with Gasteiger partial charge in [-0.25, -0.2) is 0 Å². The first-order valence-electron chi connectivity index (χ1n) is 6.95. The van der Waals surface area contributed by atoms with E-state index in [0.29, 0.717) is 12.6 Å². The summed E-state index contributed by atoms with van der Waals surface area (Å²) in [5, 5.41) is 3.04. The van der Waals surface area contributed by atoms with E-state index in [0.717, 1.165) is 25.1 Å². The summed E-state index contributed by atoms with van der Waals surface area (Å²) in [6.45, 7) is 2.19. The first-order chi connectivity index (χ1) is 9.22. The summed E-state index contributed by atoms with van der Waals surface area (Å²) in [7, 11) is 2.11. The fourth-order valence-corrected chi connectivity index (χ4v) is 2.66. The highest BCUT2D eigenvalue weighted by Gasteiger charge is 2.23. The average Bonchev–Trinajstić information content (AvgIpc) is 2.84. The molecule has 0 radical (unpaired) electrons. The van der Waals surface area contributed by atoms with Gasteiger partial charge in [0, 0.05) is 19.1 Å². The molecule has 3 N–H and O–H groups in total. The molecule has 104 valence electrons. The van der Waals surface area contributed by atoms with Crippen LogP contribution >= 0.6 is 0 Å². The summed E-state index contributed by atoms with van der Waals surface area (Å²) < 4.78 is 0. The molecule has 2 rings (SSSR count). The molecule has 4 nitrogen and oxygen atoms in total. The van der Waals surface area contributed by atoms with Gasteiger partial charge in [0.15, 0.2) is 0 Å². The summed E-state index contributed by atoms with van der Waals surface area (Å²) in [6.07, 6.45) is 2.38. The number of likely N-dealkylation sites (tertiary alicyclic amines) is 1. The molecule has 0 aromatic heterocycles. The minimum absolute atomic E-state index is 0.0361. The van der Waals surface area contributed by atoms with Gasteiger partial charge in [0.1, 0.15) is 0 Å². The van der Waals surface area contributed by atoms with Gasteiger partial charge in [0.2, 0.25) is 5.91 Å². The Morgan fingerprint density at radius 1 is 1.47 bits per heavy atom. The van der Waals surface area contributed by atoms with Crippen molar-refractivity contribution in [2.75, 3.05) is 26.7 Å². The molecule has 1 fully saturated rings. The normalized spacial score (nSPS) is 21.3. The molecule has 1 heterocycles. The van der Waals surface area contributed by atoms with Crippen molar-refractivity contribution in [1.82, 2.24) is 10.2 Å². The second-order valence-corrected chi connectivity index (χ2v) is 5.22. The lowest BCUT2D eigenvalue weighted by Gasteiger charge is -2.21. The minimum Gasteiger partial charge on any atom is -0.354 e. The third-order valence-corrected chi connectivity index (χ3v) is 3.94. The fraction of sp³-hybridized carbons (Fsp3) is 0.533. The van der Waals surface area contributed by atoms with Crippen molar-refractivity contribution in [3.8, 4) is 0 Å². The summed E-state index contributed by atoms with van der Waals surface area (Å²) in [6, 6.07) is 10.2. The van der Waals surface area contributed by atoms with Crippen molar-refractivity contribution in [3.05, 3.63) is 35.9 Å². The Morgan fingerprint density at radius 2 is 2.21 bits per heavy atom. The monoisotopic (exact) mass is 261 g/mol. The van der Waals surface area contributed by atoms with E-state index in [9.17, 15) is 4.79 Å². The molecule has 0 aliphatic carbocycles. The number of nitrogens with two attached hydrogens (primary N) is 1. The number of nitrogens with one attached hydrogen (secondary N) is 1. The van der Waals surface area contributed by atoms with E-state index >= 15 is 0 Å². The van der Waals surface area contributed by atoms with Gasteiger partial charge in [-0.15, -0.1) is 0 Å². The molecule has 1 amide bonds. The smallest absolute Gasteiger partial charge is 0.228 e. The van der Waals surface area contributed by atoms with Crippen molar-refractivity contribution in [2.45, 2.75) is 24.8 Å². The molecule has 1 aromatic carbocycles. The zero-order chi connectivity index (χ0) is 13.7. The van der Waals surface area contributed by atoms with Crippen LogP contribution in [-0.4, -0.2) is 43.5 Å². The molecule has 0 saturated carbocycles. The predicted octanol–water partition coefficient (Wildman–Crippen LogP) is 0.939. The molecule has 1 saturated heterocycles. The van der Waals surface area contributed by atoms with Crippen LogP contribution in [0.15, 0.2) is 30.3 Å². The number of carbonyl (C=O) groups excluding carboxylic acids is 1. The molecule has 19 heavy (non-hydrogen) atoms. The lowest BCUT2D eigenvalue weighted by atomic mass is 9.98. The van der Waals surface area contributed by atoms with E-state index in [1.54, 1.807) is 0 Å². The van der Waals surface area contributed by atoms with E-state index in [4.69, 9.17) is 5.73 Å².